The second kappa shape index (κ2) is 4.11. The van der Waals surface area contributed by atoms with Crippen molar-refractivity contribution >= 4 is 18.0 Å². The molecule has 0 aromatic carbocycles. The van der Waals surface area contributed by atoms with Crippen molar-refractivity contribution in [3.8, 4) is 0 Å². The molecule has 1 fully saturated rings. The summed E-state index contributed by atoms with van der Waals surface area (Å²) in [5.74, 6) is -2.00. The van der Waals surface area contributed by atoms with E-state index in [4.69, 9.17) is 10.2 Å². The van der Waals surface area contributed by atoms with Gasteiger partial charge in [-0.2, -0.15) is 0 Å². The first-order valence-electron chi connectivity index (χ1n) is 5.02. The van der Waals surface area contributed by atoms with Crippen LogP contribution in [0.15, 0.2) is 0 Å². The Bertz CT molecular complexity index is 336. The van der Waals surface area contributed by atoms with Gasteiger partial charge in [-0.1, -0.05) is 13.8 Å². The molecule has 0 aliphatic carbocycles. The first-order valence-corrected chi connectivity index (χ1v) is 5.02. The lowest BCUT2D eigenvalue weighted by molar-refractivity contribution is -0.141. The predicted octanol–water partition coefficient (Wildman–Crippen LogP) is 1.01. The number of hydrogen-bond donors (Lipinski definition) is 2. The molecule has 6 heteroatoms. The van der Waals surface area contributed by atoms with E-state index in [0.717, 1.165) is 4.90 Å². The fraction of sp³-hybridized carbons (Fsp3) is 0.700. The molecule has 1 rings (SSSR count). The molecule has 0 aromatic rings. The molecule has 2 N–H and O–H groups in total. The van der Waals surface area contributed by atoms with Crippen molar-refractivity contribution in [2.75, 3.05) is 6.54 Å². The monoisotopic (exact) mass is 229 g/mol. The molecule has 0 aromatic heterocycles. The molecule has 0 saturated carbocycles. The highest BCUT2D eigenvalue weighted by molar-refractivity contribution is 5.94. The van der Waals surface area contributed by atoms with Crippen molar-refractivity contribution in [1.29, 1.82) is 0 Å². The summed E-state index contributed by atoms with van der Waals surface area (Å²) >= 11 is 0. The van der Waals surface area contributed by atoms with Crippen LogP contribution in [0.1, 0.15) is 26.7 Å². The van der Waals surface area contributed by atoms with E-state index in [1.54, 1.807) is 13.8 Å². The number of amides is 2. The van der Waals surface area contributed by atoms with Gasteiger partial charge in [0.25, 0.3) is 0 Å². The van der Waals surface area contributed by atoms with Crippen molar-refractivity contribution in [3.63, 3.8) is 0 Å². The van der Waals surface area contributed by atoms with Gasteiger partial charge in [-0.05, 0) is 11.8 Å². The van der Waals surface area contributed by atoms with Crippen LogP contribution in [-0.4, -0.2) is 39.6 Å². The van der Waals surface area contributed by atoms with E-state index in [-0.39, 0.29) is 13.0 Å². The number of hydrogen-bond acceptors (Lipinski definition) is 3. The van der Waals surface area contributed by atoms with Gasteiger partial charge in [-0.3, -0.25) is 9.59 Å². The quantitative estimate of drug-likeness (QED) is 0.753. The molecular formula is C10H15NO5. The summed E-state index contributed by atoms with van der Waals surface area (Å²) in [6.07, 6.45) is -1.01. The summed E-state index contributed by atoms with van der Waals surface area (Å²) in [5, 5.41) is 17.5. The van der Waals surface area contributed by atoms with E-state index in [0.29, 0.717) is 6.42 Å². The minimum atomic E-state index is -1.27. The maximum atomic E-state index is 11.7. The third kappa shape index (κ3) is 2.32. The van der Waals surface area contributed by atoms with Crippen LogP contribution in [0.5, 0.6) is 0 Å². The number of imide groups is 1. The van der Waals surface area contributed by atoms with Gasteiger partial charge in [0.15, 0.2) is 0 Å². The number of carbonyl (C=O) groups excluding carboxylic acids is 1. The molecule has 6 nitrogen and oxygen atoms in total. The second-order valence-electron chi connectivity index (χ2n) is 4.67. The van der Waals surface area contributed by atoms with Gasteiger partial charge in [0.2, 0.25) is 5.91 Å². The molecule has 90 valence electrons. The Balaban J connectivity index is 2.80. The number of nitrogens with zero attached hydrogens (tertiary/aromatic N) is 1. The largest absolute Gasteiger partial charge is 0.481 e. The number of carbonyl (C=O) groups is 3. The zero-order chi connectivity index (χ0) is 12.5. The smallest absolute Gasteiger partial charge is 0.414 e. The van der Waals surface area contributed by atoms with Crippen LogP contribution in [-0.2, 0) is 9.59 Å². The summed E-state index contributed by atoms with van der Waals surface area (Å²) in [4.78, 5) is 33.8. The SMILES string of the molecule is CC(C)(CC(=O)O)C1CCN(C(=O)O)C1=O. The number of carboxylic acids is 1. The fourth-order valence-corrected chi connectivity index (χ4v) is 2.11. The summed E-state index contributed by atoms with van der Waals surface area (Å²) < 4.78 is 0. The molecule has 0 spiro atoms. The molecule has 1 aliphatic rings. The van der Waals surface area contributed by atoms with Crippen LogP contribution in [0.2, 0.25) is 0 Å². The molecule has 1 saturated heterocycles. The van der Waals surface area contributed by atoms with Crippen LogP contribution in [0, 0.1) is 11.3 Å². The summed E-state index contributed by atoms with van der Waals surface area (Å²) in [7, 11) is 0. The minimum Gasteiger partial charge on any atom is -0.481 e. The van der Waals surface area contributed by atoms with Crippen molar-refractivity contribution in [2.45, 2.75) is 26.7 Å². The number of aliphatic carboxylic acids is 1. The normalized spacial score (nSPS) is 21.2. The van der Waals surface area contributed by atoms with Crippen molar-refractivity contribution in [2.24, 2.45) is 11.3 Å². The summed E-state index contributed by atoms with van der Waals surface area (Å²) in [6.45, 7) is 3.51. The van der Waals surface area contributed by atoms with Gasteiger partial charge in [0.05, 0.1) is 6.42 Å². The van der Waals surface area contributed by atoms with Gasteiger partial charge < -0.3 is 10.2 Å². The molecule has 1 aliphatic heterocycles. The van der Waals surface area contributed by atoms with Crippen molar-refractivity contribution in [1.82, 2.24) is 4.90 Å². The van der Waals surface area contributed by atoms with Crippen molar-refractivity contribution in [3.05, 3.63) is 0 Å². The van der Waals surface area contributed by atoms with Gasteiger partial charge in [0, 0.05) is 12.5 Å². The van der Waals surface area contributed by atoms with E-state index < -0.39 is 29.3 Å². The number of rotatable bonds is 3. The Morgan fingerprint density at radius 1 is 1.44 bits per heavy atom. The summed E-state index contributed by atoms with van der Waals surface area (Å²) in [6, 6.07) is 0. The molecule has 2 amide bonds. The highest BCUT2D eigenvalue weighted by atomic mass is 16.4. The Labute approximate surface area is 92.9 Å². The minimum absolute atomic E-state index is 0.142. The van der Waals surface area contributed by atoms with E-state index in [9.17, 15) is 14.4 Å². The molecule has 1 atom stereocenters. The first-order chi connectivity index (χ1) is 7.25. The lowest BCUT2D eigenvalue weighted by Gasteiger charge is -2.28. The topological polar surface area (TPSA) is 94.9 Å². The molecule has 0 radical (unpaired) electrons. The second-order valence-corrected chi connectivity index (χ2v) is 4.67. The maximum Gasteiger partial charge on any atom is 0.414 e. The third-order valence-corrected chi connectivity index (χ3v) is 2.99. The molecule has 1 heterocycles. The van der Waals surface area contributed by atoms with Crippen LogP contribution >= 0.6 is 0 Å². The zero-order valence-electron chi connectivity index (χ0n) is 9.27. The summed E-state index contributed by atoms with van der Waals surface area (Å²) in [5.41, 5.74) is -0.715. The van der Waals surface area contributed by atoms with Gasteiger partial charge in [-0.25, -0.2) is 9.69 Å². The maximum absolute atomic E-state index is 11.7. The van der Waals surface area contributed by atoms with Gasteiger partial charge in [0.1, 0.15) is 0 Å². The lowest BCUT2D eigenvalue weighted by Crippen LogP contribution is -2.37. The highest BCUT2D eigenvalue weighted by Gasteiger charge is 2.45. The average molecular weight is 229 g/mol. The Morgan fingerprint density at radius 3 is 2.38 bits per heavy atom. The van der Waals surface area contributed by atoms with E-state index in [1.807, 2.05) is 0 Å². The first kappa shape index (κ1) is 12.5. The molecule has 0 bridgehead atoms. The predicted molar refractivity (Wildman–Crippen MR) is 53.9 cm³/mol. The Kier molecular flexibility index (Phi) is 3.21. The fourth-order valence-electron chi connectivity index (χ4n) is 2.11. The average Bonchev–Trinajstić information content (AvgIpc) is 2.44. The molecule has 1 unspecified atom stereocenters. The Morgan fingerprint density at radius 2 is 2.00 bits per heavy atom. The highest BCUT2D eigenvalue weighted by Crippen LogP contribution is 2.37. The standard InChI is InChI=1S/C10H15NO5/c1-10(2,5-7(12)13)6-3-4-11(8(6)14)9(15)16/h6H,3-5H2,1-2H3,(H,12,13)(H,15,16). The zero-order valence-corrected chi connectivity index (χ0v) is 9.27. The lowest BCUT2D eigenvalue weighted by atomic mass is 9.75. The van der Waals surface area contributed by atoms with Crippen LogP contribution in [0.25, 0.3) is 0 Å². The number of likely N-dealkylation sites (tertiary alicyclic amines) is 1. The number of carboxylic acid groups (broad SMARTS) is 2. The Hall–Kier alpha value is -1.59. The van der Waals surface area contributed by atoms with Crippen LogP contribution in [0.3, 0.4) is 0 Å². The van der Waals surface area contributed by atoms with Crippen LogP contribution in [0.4, 0.5) is 4.79 Å². The van der Waals surface area contributed by atoms with Crippen LogP contribution < -0.4 is 0 Å². The van der Waals surface area contributed by atoms with E-state index in [1.165, 1.54) is 0 Å². The van der Waals surface area contributed by atoms with E-state index in [2.05, 4.69) is 0 Å². The molecule has 16 heavy (non-hydrogen) atoms. The van der Waals surface area contributed by atoms with Gasteiger partial charge >= 0.3 is 12.1 Å². The van der Waals surface area contributed by atoms with Gasteiger partial charge in [-0.15, -0.1) is 0 Å². The third-order valence-electron chi connectivity index (χ3n) is 2.99. The van der Waals surface area contributed by atoms with Crippen molar-refractivity contribution < 1.29 is 24.6 Å². The molecular weight excluding hydrogens is 214 g/mol. The van der Waals surface area contributed by atoms with E-state index >= 15 is 0 Å².